The van der Waals surface area contributed by atoms with E-state index in [1.807, 2.05) is 6.07 Å². The molecule has 12 heavy (non-hydrogen) atoms. The molecule has 1 unspecified atom stereocenters. The Morgan fingerprint density at radius 1 is 1.25 bits per heavy atom. The van der Waals surface area contributed by atoms with Crippen LogP contribution in [0, 0.1) is 0 Å². The van der Waals surface area contributed by atoms with Crippen LogP contribution in [0.25, 0.3) is 0 Å². The Labute approximate surface area is 77.8 Å². The molecule has 1 N–H and O–H groups in total. The molecule has 62 valence electrons. The second-order valence-corrected chi connectivity index (χ2v) is 3.48. The summed E-state index contributed by atoms with van der Waals surface area (Å²) in [5.74, 6) is 0.459. The molecular weight excluding hydrogens is 166 g/mol. The van der Waals surface area contributed by atoms with E-state index in [-0.39, 0.29) is 0 Å². The smallest absolute Gasteiger partial charge is 0.0829 e. The van der Waals surface area contributed by atoms with Gasteiger partial charge in [-0.15, -0.1) is 0 Å². The first-order valence-corrected chi connectivity index (χ1v) is 4.61. The van der Waals surface area contributed by atoms with Crippen molar-refractivity contribution in [3.05, 3.63) is 35.9 Å². The fourth-order valence-electron chi connectivity index (χ4n) is 1.60. The number of hydrogen-bond donors (Lipinski definition) is 1. The van der Waals surface area contributed by atoms with E-state index in [0.29, 0.717) is 5.92 Å². The Balaban J connectivity index is 2.25. The molecule has 1 saturated heterocycles. The third-order valence-electron chi connectivity index (χ3n) is 2.25. The SMILES string of the molecule is S=C1NCCC1c1ccccc1. The Morgan fingerprint density at radius 3 is 2.58 bits per heavy atom. The van der Waals surface area contributed by atoms with Crippen molar-refractivity contribution >= 4 is 17.2 Å². The quantitative estimate of drug-likeness (QED) is 0.659. The molecule has 1 heterocycles. The maximum absolute atomic E-state index is 5.21. The van der Waals surface area contributed by atoms with Gasteiger partial charge in [-0.2, -0.15) is 0 Å². The minimum atomic E-state index is 0.459. The number of benzene rings is 1. The molecule has 0 aliphatic carbocycles. The van der Waals surface area contributed by atoms with Crippen molar-refractivity contribution in [3.63, 3.8) is 0 Å². The lowest BCUT2D eigenvalue weighted by molar-refractivity contribution is 0.839. The van der Waals surface area contributed by atoms with Crippen LogP contribution in [0.15, 0.2) is 30.3 Å². The molecule has 0 amide bonds. The van der Waals surface area contributed by atoms with Crippen LogP contribution in [-0.2, 0) is 0 Å². The van der Waals surface area contributed by atoms with Crippen LogP contribution in [0.1, 0.15) is 17.9 Å². The van der Waals surface area contributed by atoms with E-state index in [1.54, 1.807) is 0 Å². The van der Waals surface area contributed by atoms with Gasteiger partial charge in [-0.1, -0.05) is 42.5 Å². The van der Waals surface area contributed by atoms with E-state index in [0.717, 1.165) is 18.0 Å². The van der Waals surface area contributed by atoms with Crippen LogP contribution in [0.3, 0.4) is 0 Å². The molecule has 1 atom stereocenters. The van der Waals surface area contributed by atoms with Gasteiger partial charge < -0.3 is 5.32 Å². The molecule has 1 aromatic rings. The van der Waals surface area contributed by atoms with Crippen molar-refractivity contribution in [2.45, 2.75) is 12.3 Å². The van der Waals surface area contributed by atoms with Crippen LogP contribution in [0.2, 0.25) is 0 Å². The van der Waals surface area contributed by atoms with E-state index in [2.05, 4.69) is 29.6 Å². The lowest BCUT2D eigenvalue weighted by Crippen LogP contribution is -2.15. The minimum absolute atomic E-state index is 0.459. The highest BCUT2D eigenvalue weighted by atomic mass is 32.1. The van der Waals surface area contributed by atoms with Crippen LogP contribution >= 0.6 is 12.2 Å². The molecular formula is C10H11NS. The summed E-state index contributed by atoms with van der Waals surface area (Å²) in [5, 5.41) is 3.20. The molecule has 2 heteroatoms. The predicted molar refractivity (Wildman–Crippen MR) is 54.4 cm³/mol. The minimum Gasteiger partial charge on any atom is -0.379 e. The number of thiocarbonyl (C=S) groups is 1. The van der Waals surface area contributed by atoms with Crippen LogP contribution in [0.5, 0.6) is 0 Å². The molecule has 0 spiro atoms. The maximum atomic E-state index is 5.21. The van der Waals surface area contributed by atoms with Gasteiger partial charge in [0.2, 0.25) is 0 Å². The fourth-order valence-corrected chi connectivity index (χ4v) is 1.95. The molecule has 1 aliphatic rings. The monoisotopic (exact) mass is 177 g/mol. The summed E-state index contributed by atoms with van der Waals surface area (Å²) < 4.78 is 0. The van der Waals surface area contributed by atoms with Crippen LogP contribution in [-0.4, -0.2) is 11.5 Å². The van der Waals surface area contributed by atoms with Gasteiger partial charge in [0.05, 0.1) is 4.99 Å². The van der Waals surface area contributed by atoms with Crippen molar-refractivity contribution < 1.29 is 0 Å². The fraction of sp³-hybridized carbons (Fsp3) is 0.300. The molecule has 0 bridgehead atoms. The second-order valence-electron chi connectivity index (χ2n) is 3.04. The Bertz CT molecular complexity index is 281. The normalized spacial score (nSPS) is 22.3. The molecule has 0 aromatic heterocycles. The van der Waals surface area contributed by atoms with Crippen molar-refractivity contribution in [1.82, 2.24) is 5.32 Å². The number of hydrogen-bond acceptors (Lipinski definition) is 1. The first kappa shape index (κ1) is 7.74. The highest BCUT2D eigenvalue weighted by Crippen LogP contribution is 2.23. The van der Waals surface area contributed by atoms with Gasteiger partial charge >= 0.3 is 0 Å². The van der Waals surface area contributed by atoms with E-state index >= 15 is 0 Å². The topological polar surface area (TPSA) is 12.0 Å². The third kappa shape index (κ3) is 1.34. The largest absolute Gasteiger partial charge is 0.379 e. The Morgan fingerprint density at radius 2 is 2.00 bits per heavy atom. The van der Waals surface area contributed by atoms with E-state index < -0.39 is 0 Å². The molecule has 1 nitrogen and oxygen atoms in total. The van der Waals surface area contributed by atoms with Gasteiger partial charge in [0.15, 0.2) is 0 Å². The summed E-state index contributed by atoms with van der Waals surface area (Å²) in [6, 6.07) is 10.5. The summed E-state index contributed by atoms with van der Waals surface area (Å²) >= 11 is 5.21. The molecule has 2 rings (SSSR count). The highest BCUT2D eigenvalue weighted by Gasteiger charge is 2.21. The van der Waals surface area contributed by atoms with Gasteiger partial charge in [-0.3, -0.25) is 0 Å². The van der Waals surface area contributed by atoms with Gasteiger partial charge in [-0.25, -0.2) is 0 Å². The molecule has 1 fully saturated rings. The highest BCUT2D eigenvalue weighted by molar-refractivity contribution is 7.80. The Kier molecular flexibility index (Phi) is 2.09. The molecule has 1 aliphatic heterocycles. The number of rotatable bonds is 1. The van der Waals surface area contributed by atoms with Crippen molar-refractivity contribution in [3.8, 4) is 0 Å². The lowest BCUT2D eigenvalue weighted by atomic mass is 9.99. The summed E-state index contributed by atoms with van der Waals surface area (Å²) in [4.78, 5) is 1.00. The third-order valence-corrected chi connectivity index (χ3v) is 2.68. The summed E-state index contributed by atoms with van der Waals surface area (Å²) in [7, 11) is 0. The average molecular weight is 177 g/mol. The van der Waals surface area contributed by atoms with Crippen molar-refractivity contribution in [2.75, 3.05) is 6.54 Å². The first-order valence-electron chi connectivity index (χ1n) is 4.20. The standard InChI is InChI=1S/C10H11NS/c12-10-9(6-7-11-10)8-4-2-1-3-5-8/h1-5,9H,6-7H2,(H,11,12). The Hall–Kier alpha value is -0.890. The second kappa shape index (κ2) is 3.23. The van der Waals surface area contributed by atoms with Crippen LogP contribution in [0.4, 0.5) is 0 Å². The molecule has 0 saturated carbocycles. The van der Waals surface area contributed by atoms with Crippen molar-refractivity contribution in [1.29, 1.82) is 0 Å². The summed E-state index contributed by atoms with van der Waals surface area (Å²) in [6.07, 6.45) is 1.14. The van der Waals surface area contributed by atoms with E-state index in [1.165, 1.54) is 5.56 Å². The zero-order chi connectivity index (χ0) is 8.39. The average Bonchev–Trinajstić information content (AvgIpc) is 2.53. The predicted octanol–water partition coefficient (Wildman–Crippen LogP) is 2.09. The maximum Gasteiger partial charge on any atom is 0.0829 e. The van der Waals surface area contributed by atoms with Gasteiger partial charge in [0.25, 0.3) is 0 Å². The zero-order valence-corrected chi connectivity index (χ0v) is 7.60. The molecule has 0 radical (unpaired) electrons. The van der Waals surface area contributed by atoms with Gasteiger partial charge in [-0.05, 0) is 12.0 Å². The van der Waals surface area contributed by atoms with Gasteiger partial charge in [0, 0.05) is 12.5 Å². The van der Waals surface area contributed by atoms with Crippen molar-refractivity contribution in [2.24, 2.45) is 0 Å². The number of nitrogens with one attached hydrogen (secondary N) is 1. The van der Waals surface area contributed by atoms with Gasteiger partial charge in [0.1, 0.15) is 0 Å². The first-order chi connectivity index (χ1) is 5.88. The van der Waals surface area contributed by atoms with E-state index in [4.69, 9.17) is 12.2 Å². The van der Waals surface area contributed by atoms with E-state index in [9.17, 15) is 0 Å². The van der Waals surface area contributed by atoms with Crippen LogP contribution < -0.4 is 5.32 Å². The summed E-state index contributed by atoms with van der Waals surface area (Å²) in [6.45, 7) is 1.03. The summed E-state index contributed by atoms with van der Waals surface area (Å²) in [5.41, 5.74) is 1.34. The zero-order valence-electron chi connectivity index (χ0n) is 6.79. The molecule has 1 aromatic carbocycles. The lowest BCUT2D eigenvalue weighted by Gasteiger charge is -2.07.